The van der Waals surface area contributed by atoms with Crippen LogP contribution < -0.4 is 0 Å². The van der Waals surface area contributed by atoms with Gasteiger partial charge in [-0.05, 0) is 42.5 Å². The van der Waals surface area contributed by atoms with Gasteiger partial charge in [0, 0.05) is 20.6 Å². The minimum atomic E-state index is -0.134. The van der Waals surface area contributed by atoms with E-state index in [0.717, 1.165) is 4.47 Å². The maximum atomic E-state index is 12.2. The molecule has 0 aromatic heterocycles. The lowest BCUT2D eigenvalue weighted by Gasteiger charge is -2.04. The molecule has 0 aliphatic heterocycles. The number of carbonyl (C=O) groups is 1. The number of carbonyl (C=O) groups excluding carboxylic acids is 1. The van der Waals surface area contributed by atoms with Crippen LogP contribution in [0, 0.1) is 0 Å². The predicted octanol–water partition coefficient (Wildman–Crippen LogP) is 4.99. The Balaban J connectivity index is 2.43. The van der Waals surface area contributed by atoms with Crippen molar-refractivity contribution in [2.45, 2.75) is 0 Å². The van der Waals surface area contributed by atoms with Gasteiger partial charge in [0.15, 0.2) is 5.78 Å². The van der Waals surface area contributed by atoms with E-state index in [-0.39, 0.29) is 5.78 Å². The summed E-state index contributed by atoms with van der Waals surface area (Å²) >= 11 is 15.2. The van der Waals surface area contributed by atoms with E-state index in [1.54, 1.807) is 30.3 Å². The normalized spacial score (nSPS) is 10.3. The molecule has 0 radical (unpaired) electrons. The Morgan fingerprint density at radius 1 is 1.00 bits per heavy atom. The van der Waals surface area contributed by atoms with Gasteiger partial charge in [0.05, 0.1) is 5.02 Å². The molecule has 0 aliphatic rings. The Kier molecular flexibility index (Phi) is 3.87. The van der Waals surface area contributed by atoms with Crippen LogP contribution in [0.1, 0.15) is 15.9 Å². The van der Waals surface area contributed by atoms with E-state index in [1.165, 1.54) is 0 Å². The average Bonchev–Trinajstić information content (AvgIpc) is 2.32. The number of halogens is 3. The first-order valence-corrected chi connectivity index (χ1v) is 6.38. The molecule has 2 aromatic rings. The van der Waals surface area contributed by atoms with Crippen LogP contribution >= 0.6 is 39.1 Å². The fourth-order valence-corrected chi connectivity index (χ4v) is 2.07. The van der Waals surface area contributed by atoms with E-state index < -0.39 is 0 Å². The molecule has 0 saturated heterocycles. The van der Waals surface area contributed by atoms with E-state index in [4.69, 9.17) is 23.2 Å². The lowest BCUT2D eigenvalue weighted by molar-refractivity contribution is 0.103. The number of hydrogen-bond acceptors (Lipinski definition) is 1. The second-order valence-electron chi connectivity index (χ2n) is 3.46. The van der Waals surface area contributed by atoms with Gasteiger partial charge in [-0.2, -0.15) is 0 Å². The molecular weight excluding hydrogens is 323 g/mol. The second kappa shape index (κ2) is 5.21. The summed E-state index contributed by atoms with van der Waals surface area (Å²) < 4.78 is 0.922. The molecule has 2 aromatic carbocycles. The third-order valence-corrected chi connectivity index (χ3v) is 3.37. The van der Waals surface area contributed by atoms with Gasteiger partial charge in [0.2, 0.25) is 0 Å². The summed E-state index contributed by atoms with van der Waals surface area (Å²) in [7, 11) is 0. The Hall–Kier alpha value is -0.830. The first-order chi connectivity index (χ1) is 8.08. The Labute approximate surface area is 117 Å². The minimum absolute atomic E-state index is 0.134. The van der Waals surface area contributed by atoms with Gasteiger partial charge >= 0.3 is 0 Å². The number of rotatable bonds is 2. The zero-order chi connectivity index (χ0) is 12.4. The van der Waals surface area contributed by atoms with Crippen LogP contribution in [-0.2, 0) is 0 Å². The number of ketones is 1. The summed E-state index contributed by atoms with van der Waals surface area (Å²) in [5.74, 6) is -0.134. The van der Waals surface area contributed by atoms with E-state index in [0.29, 0.717) is 21.2 Å². The molecule has 86 valence electrons. The van der Waals surface area contributed by atoms with Crippen molar-refractivity contribution in [3.8, 4) is 0 Å². The molecule has 0 N–H and O–H groups in total. The Morgan fingerprint density at radius 2 is 1.65 bits per heavy atom. The van der Waals surface area contributed by atoms with Gasteiger partial charge < -0.3 is 0 Å². The summed E-state index contributed by atoms with van der Waals surface area (Å²) in [6.45, 7) is 0. The highest BCUT2D eigenvalue weighted by atomic mass is 79.9. The van der Waals surface area contributed by atoms with Crippen LogP contribution in [-0.4, -0.2) is 5.78 Å². The maximum absolute atomic E-state index is 12.2. The van der Waals surface area contributed by atoms with Crippen molar-refractivity contribution >= 4 is 44.9 Å². The van der Waals surface area contributed by atoms with Crippen LogP contribution in [0.5, 0.6) is 0 Å². The predicted molar refractivity (Wildman–Crippen MR) is 74.0 cm³/mol. The average molecular weight is 330 g/mol. The van der Waals surface area contributed by atoms with E-state index in [2.05, 4.69) is 15.9 Å². The fourth-order valence-electron chi connectivity index (χ4n) is 1.43. The highest BCUT2D eigenvalue weighted by Gasteiger charge is 2.13. The molecular formula is C13H7BrCl2O. The molecule has 0 aliphatic carbocycles. The summed E-state index contributed by atoms with van der Waals surface area (Å²) in [4.78, 5) is 12.2. The van der Waals surface area contributed by atoms with Crippen molar-refractivity contribution in [1.82, 2.24) is 0 Å². The Bertz CT molecular complexity index is 564. The number of hydrogen-bond donors (Lipinski definition) is 0. The van der Waals surface area contributed by atoms with E-state index in [9.17, 15) is 4.79 Å². The lowest BCUT2D eigenvalue weighted by Crippen LogP contribution is -2.01. The molecule has 0 atom stereocenters. The molecule has 4 heteroatoms. The number of benzene rings is 2. The largest absolute Gasteiger partial charge is 0.289 e. The van der Waals surface area contributed by atoms with Crippen molar-refractivity contribution in [2.75, 3.05) is 0 Å². The summed E-state index contributed by atoms with van der Waals surface area (Å²) in [6.07, 6.45) is 0. The highest BCUT2D eigenvalue weighted by Crippen LogP contribution is 2.23. The van der Waals surface area contributed by atoms with Gasteiger partial charge in [-0.1, -0.05) is 39.1 Å². The standard InChI is InChI=1S/C13H7BrCl2O/c14-9-3-1-8(2-4-9)13(17)11-7-10(15)5-6-12(11)16/h1-7H. The fraction of sp³-hybridized carbons (Fsp3) is 0. The molecule has 0 bridgehead atoms. The zero-order valence-electron chi connectivity index (χ0n) is 8.58. The molecule has 2 rings (SSSR count). The van der Waals surface area contributed by atoms with Crippen molar-refractivity contribution in [3.05, 3.63) is 68.1 Å². The summed E-state index contributed by atoms with van der Waals surface area (Å²) in [6, 6.07) is 12.0. The highest BCUT2D eigenvalue weighted by molar-refractivity contribution is 9.10. The molecule has 0 spiro atoms. The van der Waals surface area contributed by atoms with Gasteiger partial charge in [0.25, 0.3) is 0 Å². The molecule has 17 heavy (non-hydrogen) atoms. The summed E-state index contributed by atoms with van der Waals surface area (Å²) in [5.41, 5.74) is 0.999. The molecule has 0 unspecified atom stereocenters. The lowest BCUT2D eigenvalue weighted by atomic mass is 10.0. The third kappa shape index (κ3) is 2.89. The van der Waals surface area contributed by atoms with Gasteiger partial charge in [-0.15, -0.1) is 0 Å². The molecule has 1 nitrogen and oxygen atoms in total. The van der Waals surface area contributed by atoms with Crippen molar-refractivity contribution < 1.29 is 4.79 Å². The zero-order valence-corrected chi connectivity index (χ0v) is 11.7. The smallest absolute Gasteiger partial charge is 0.194 e. The molecule has 0 heterocycles. The van der Waals surface area contributed by atoms with Crippen LogP contribution in [0.25, 0.3) is 0 Å². The van der Waals surface area contributed by atoms with E-state index in [1.807, 2.05) is 12.1 Å². The minimum Gasteiger partial charge on any atom is -0.289 e. The molecule has 0 saturated carbocycles. The quantitative estimate of drug-likeness (QED) is 0.709. The van der Waals surface area contributed by atoms with E-state index >= 15 is 0 Å². The second-order valence-corrected chi connectivity index (χ2v) is 5.22. The molecule has 0 fully saturated rings. The van der Waals surface area contributed by atoms with Crippen LogP contribution in [0.15, 0.2) is 46.9 Å². The first-order valence-electron chi connectivity index (χ1n) is 4.83. The van der Waals surface area contributed by atoms with Gasteiger partial charge in [0.1, 0.15) is 0 Å². The third-order valence-electron chi connectivity index (χ3n) is 2.28. The summed E-state index contributed by atoms with van der Waals surface area (Å²) in [5, 5.41) is 0.900. The SMILES string of the molecule is O=C(c1ccc(Br)cc1)c1cc(Cl)ccc1Cl. The topological polar surface area (TPSA) is 17.1 Å². The van der Waals surface area contributed by atoms with Gasteiger partial charge in [-0.25, -0.2) is 0 Å². The van der Waals surface area contributed by atoms with Gasteiger partial charge in [-0.3, -0.25) is 4.79 Å². The van der Waals surface area contributed by atoms with Crippen LogP contribution in [0.4, 0.5) is 0 Å². The monoisotopic (exact) mass is 328 g/mol. The van der Waals surface area contributed by atoms with Crippen molar-refractivity contribution in [2.24, 2.45) is 0 Å². The van der Waals surface area contributed by atoms with Crippen molar-refractivity contribution in [1.29, 1.82) is 0 Å². The first kappa shape index (κ1) is 12.6. The van der Waals surface area contributed by atoms with Crippen LogP contribution in [0.2, 0.25) is 10.0 Å². The Morgan fingerprint density at radius 3 is 2.29 bits per heavy atom. The molecule has 0 amide bonds. The van der Waals surface area contributed by atoms with Crippen LogP contribution in [0.3, 0.4) is 0 Å². The maximum Gasteiger partial charge on any atom is 0.194 e. The van der Waals surface area contributed by atoms with Crippen molar-refractivity contribution in [3.63, 3.8) is 0 Å².